The molecule has 1 heterocycles. The molecule has 134 valence electrons. The van der Waals surface area contributed by atoms with Gasteiger partial charge in [-0.3, -0.25) is 4.79 Å². The number of hydrogen-bond acceptors (Lipinski definition) is 2. The first-order valence-corrected chi connectivity index (χ1v) is 9.39. The molecular weight excluding hydrogens is 340 g/mol. The molecule has 0 spiro atoms. The Labute approximate surface area is 160 Å². The van der Waals surface area contributed by atoms with Gasteiger partial charge in [-0.25, -0.2) is 0 Å². The summed E-state index contributed by atoms with van der Waals surface area (Å²) < 4.78 is 0. The van der Waals surface area contributed by atoms with Crippen molar-refractivity contribution in [2.75, 3.05) is 6.54 Å². The summed E-state index contributed by atoms with van der Waals surface area (Å²) >= 11 is 5.60. The normalized spacial score (nSPS) is 17.3. The molecule has 0 bridgehead atoms. The Kier molecular flexibility index (Phi) is 5.52. The van der Waals surface area contributed by atoms with Gasteiger partial charge in [0.1, 0.15) is 0 Å². The Hall–Kier alpha value is -2.46. The molecular formula is C22H24N2OS. The minimum absolute atomic E-state index is 0.0461. The first kappa shape index (κ1) is 18.3. The van der Waals surface area contributed by atoms with Crippen molar-refractivity contribution >= 4 is 23.1 Å². The number of allylic oxidation sites excluding steroid dienone is 1. The maximum atomic E-state index is 13.3. The van der Waals surface area contributed by atoms with Crippen LogP contribution < -0.4 is 5.32 Å². The first-order chi connectivity index (χ1) is 12.5. The minimum atomic E-state index is -0.232. The summed E-state index contributed by atoms with van der Waals surface area (Å²) in [6, 6.07) is 17.5. The van der Waals surface area contributed by atoms with Crippen LogP contribution in [0.1, 0.15) is 47.8 Å². The highest BCUT2D eigenvalue weighted by Gasteiger charge is 2.33. The molecule has 1 N–H and O–H groups in total. The molecule has 3 rings (SSSR count). The van der Waals surface area contributed by atoms with Crippen LogP contribution in [-0.4, -0.2) is 22.3 Å². The van der Waals surface area contributed by atoms with Gasteiger partial charge < -0.3 is 10.2 Å². The van der Waals surface area contributed by atoms with E-state index >= 15 is 0 Å². The van der Waals surface area contributed by atoms with Crippen molar-refractivity contribution in [2.45, 2.75) is 33.2 Å². The van der Waals surface area contributed by atoms with E-state index in [-0.39, 0.29) is 11.8 Å². The van der Waals surface area contributed by atoms with E-state index in [0.717, 1.165) is 29.8 Å². The predicted molar refractivity (Wildman–Crippen MR) is 110 cm³/mol. The third-order valence-corrected chi connectivity index (χ3v) is 5.07. The Morgan fingerprint density at radius 3 is 2.35 bits per heavy atom. The Morgan fingerprint density at radius 2 is 1.73 bits per heavy atom. The van der Waals surface area contributed by atoms with E-state index in [1.807, 2.05) is 42.2 Å². The molecule has 0 radical (unpaired) electrons. The maximum absolute atomic E-state index is 13.3. The second-order valence-electron chi connectivity index (χ2n) is 6.64. The van der Waals surface area contributed by atoms with Gasteiger partial charge in [0.05, 0.1) is 6.04 Å². The van der Waals surface area contributed by atoms with E-state index in [2.05, 4.69) is 43.4 Å². The van der Waals surface area contributed by atoms with E-state index < -0.39 is 0 Å². The molecule has 1 atom stereocenters. The van der Waals surface area contributed by atoms with E-state index in [0.29, 0.717) is 10.7 Å². The quantitative estimate of drug-likeness (QED) is 0.610. The van der Waals surface area contributed by atoms with Crippen LogP contribution in [-0.2, 0) is 0 Å². The summed E-state index contributed by atoms with van der Waals surface area (Å²) in [5.74, 6) is 0.0461. The lowest BCUT2D eigenvalue weighted by atomic mass is 9.89. The van der Waals surface area contributed by atoms with Crippen molar-refractivity contribution < 1.29 is 4.79 Å². The molecule has 0 aromatic heterocycles. The van der Waals surface area contributed by atoms with Gasteiger partial charge >= 0.3 is 0 Å². The summed E-state index contributed by atoms with van der Waals surface area (Å²) in [5.41, 5.74) is 4.64. The van der Waals surface area contributed by atoms with Crippen LogP contribution in [0.25, 0.3) is 0 Å². The predicted octanol–water partition coefficient (Wildman–Crippen LogP) is 4.79. The molecule has 1 aliphatic heterocycles. The fourth-order valence-corrected chi connectivity index (χ4v) is 3.67. The van der Waals surface area contributed by atoms with Gasteiger partial charge in [0.15, 0.2) is 10.9 Å². The van der Waals surface area contributed by atoms with Crippen molar-refractivity contribution in [3.8, 4) is 0 Å². The maximum Gasteiger partial charge on any atom is 0.193 e. The smallest absolute Gasteiger partial charge is 0.193 e. The van der Waals surface area contributed by atoms with E-state index in [4.69, 9.17) is 12.2 Å². The van der Waals surface area contributed by atoms with E-state index in [1.54, 1.807) is 0 Å². The molecule has 2 aromatic carbocycles. The number of Topliss-reactive ketones (excluding diaryl/α,β-unsaturated/α-hetero) is 1. The SMILES string of the molecule is CCCN1C(=S)NC(c2ccc(C)cc2)C(C(=O)c2ccccc2)=C1C. The van der Waals surface area contributed by atoms with Gasteiger partial charge in [-0.1, -0.05) is 67.1 Å². The van der Waals surface area contributed by atoms with E-state index in [1.165, 1.54) is 5.56 Å². The summed E-state index contributed by atoms with van der Waals surface area (Å²) in [6.45, 7) is 6.97. The van der Waals surface area contributed by atoms with Crippen molar-refractivity contribution in [3.63, 3.8) is 0 Å². The van der Waals surface area contributed by atoms with Crippen LogP contribution in [0.15, 0.2) is 65.9 Å². The molecule has 0 saturated heterocycles. The summed E-state index contributed by atoms with van der Waals surface area (Å²) in [7, 11) is 0. The summed E-state index contributed by atoms with van der Waals surface area (Å²) in [4.78, 5) is 15.4. The monoisotopic (exact) mass is 364 g/mol. The molecule has 1 aliphatic rings. The van der Waals surface area contributed by atoms with Crippen LogP contribution in [0, 0.1) is 6.92 Å². The molecule has 0 fully saturated rings. The summed E-state index contributed by atoms with van der Waals surface area (Å²) in [6.07, 6.45) is 0.959. The number of nitrogens with one attached hydrogen (secondary N) is 1. The third kappa shape index (κ3) is 3.56. The topological polar surface area (TPSA) is 32.3 Å². The van der Waals surface area contributed by atoms with Crippen LogP contribution in [0.4, 0.5) is 0 Å². The zero-order valence-corrected chi connectivity index (χ0v) is 16.3. The highest BCUT2D eigenvalue weighted by molar-refractivity contribution is 7.80. The van der Waals surface area contributed by atoms with Gasteiger partial charge in [0.25, 0.3) is 0 Å². The molecule has 2 aromatic rings. The van der Waals surface area contributed by atoms with Crippen LogP contribution in [0.5, 0.6) is 0 Å². The fraction of sp³-hybridized carbons (Fsp3) is 0.273. The zero-order chi connectivity index (χ0) is 18.7. The molecule has 26 heavy (non-hydrogen) atoms. The van der Waals surface area contributed by atoms with Crippen molar-refractivity contribution in [3.05, 3.63) is 82.6 Å². The fourth-order valence-electron chi connectivity index (χ4n) is 3.32. The highest BCUT2D eigenvalue weighted by Crippen LogP contribution is 2.33. The number of ketones is 1. The number of carbonyl (C=O) groups is 1. The number of benzene rings is 2. The van der Waals surface area contributed by atoms with Gasteiger partial charge in [-0.15, -0.1) is 0 Å². The standard InChI is InChI=1S/C22H24N2OS/c1-4-14-24-16(3)19(21(25)18-8-6-5-7-9-18)20(23-22(24)26)17-12-10-15(2)11-13-17/h5-13,20H,4,14H2,1-3H3,(H,23,26). The van der Waals surface area contributed by atoms with Gasteiger partial charge in [0.2, 0.25) is 0 Å². The molecule has 0 aliphatic carbocycles. The van der Waals surface area contributed by atoms with Crippen molar-refractivity contribution in [1.29, 1.82) is 0 Å². The second-order valence-corrected chi connectivity index (χ2v) is 7.03. The number of carbonyl (C=O) groups excluding carboxylic acids is 1. The average Bonchev–Trinajstić information content (AvgIpc) is 2.65. The zero-order valence-electron chi connectivity index (χ0n) is 15.5. The molecule has 3 nitrogen and oxygen atoms in total. The number of hydrogen-bond donors (Lipinski definition) is 1. The first-order valence-electron chi connectivity index (χ1n) is 8.98. The lowest BCUT2D eigenvalue weighted by Gasteiger charge is -2.38. The Balaban J connectivity index is 2.11. The summed E-state index contributed by atoms with van der Waals surface area (Å²) in [5, 5.41) is 4.08. The lowest BCUT2D eigenvalue weighted by Crippen LogP contribution is -2.47. The van der Waals surface area contributed by atoms with Crippen LogP contribution in [0.3, 0.4) is 0 Å². The van der Waals surface area contributed by atoms with Gasteiger partial charge in [0, 0.05) is 23.4 Å². The van der Waals surface area contributed by atoms with Crippen molar-refractivity contribution in [1.82, 2.24) is 10.2 Å². The van der Waals surface area contributed by atoms with Crippen LogP contribution in [0.2, 0.25) is 0 Å². The van der Waals surface area contributed by atoms with E-state index in [9.17, 15) is 4.79 Å². The highest BCUT2D eigenvalue weighted by atomic mass is 32.1. The van der Waals surface area contributed by atoms with Crippen LogP contribution >= 0.6 is 12.2 Å². The number of thiocarbonyl (C=S) groups is 1. The molecule has 0 amide bonds. The second kappa shape index (κ2) is 7.83. The number of aryl methyl sites for hydroxylation is 1. The Bertz CT molecular complexity index is 840. The third-order valence-electron chi connectivity index (χ3n) is 4.73. The average molecular weight is 365 g/mol. The number of rotatable bonds is 5. The van der Waals surface area contributed by atoms with Crippen molar-refractivity contribution in [2.24, 2.45) is 0 Å². The molecule has 1 unspecified atom stereocenters. The van der Waals surface area contributed by atoms with Gasteiger partial charge in [-0.2, -0.15) is 0 Å². The molecule has 0 saturated carbocycles. The lowest BCUT2D eigenvalue weighted by molar-refractivity contribution is 0.102. The number of nitrogens with zero attached hydrogens (tertiary/aromatic N) is 1. The van der Waals surface area contributed by atoms with Gasteiger partial charge in [-0.05, 0) is 38.0 Å². The largest absolute Gasteiger partial charge is 0.351 e. The molecule has 4 heteroatoms. The Morgan fingerprint density at radius 1 is 1.08 bits per heavy atom. The minimum Gasteiger partial charge on any atom is -0.351 e.